The number of aromatic nitrogens is 1. The van der Waals surface area contributed by atoms with Crippen molar-refractivity contribution >= 4 is 5.91 Å². The number of hydrogen-bond acceptors (Lipinski definition) is 3. The first kappa shape index (κ1) is 16.1. The number of carbonyl (C=O) groups is 1. The quantitative estimate of drug-likeness (QED) is 0.834. The SMILES string of the molecule is O=C(NCCC1CC1)c1cc(OCC(F)(F)F)c(C2CC2)cn1. The summed E-state index contributed by atoms with van der Waals surface area (Å²) in [5, 5.41) is 2.75. The number of pyridine rings is 1. The van der Waals surface area contributed by atoms with Gasteiger partial charge in [0.1, 0.15) is 11.4 Å². The lowest BCUT2D eigenvalue weighted by Crippen LogP contribution is -2.26. The highest BCUT2D eigenvalue weighted by Gasteiger charge is 2.32. The molecule has 0 atom stereocenters. The summed E-state index contributed by atoms with van der Waals surface area (Å²) >= 11 is 0. The van der Waals surface area contributed by atoms with Crippen LogP contribution in [0.2, 0.25) is 0 Å². The molecule has 2 aliphatic carbocycles. The normalized spacial score (nSPS) is 17.9. The number of halogens is 3. The minimum Gasteiger partial charge on any atom is -0.484 e. The van der Waals surface area contributed by atoms with Crippen LogP contribution in [0.15, 0.2) is 12.3 Å². The predicted octanol–water partition coefficient (Wildman–Crippen LogP) is 3.43. The Morgan fingerprint density at radius 3 is 2.65 bits per heavy atom. The average Bonchev–Trinajstić information content (AvgIpc) is 3.36. The van der Waals surface area contributed by atoms with Crippen molar-refractivity contribution < 1.29 is 22.7 Å². The van der Waals surface area contributed by atoms with Gasteiger partial charge in [0, 0.05) is 24.4 Å². The zero-order valence-corrected chi connectivity index (χ0v) is 12.7. The highest BCUT2D eigenvalue weighted by molar-refractivity contribution is 5.92. The van der Waals surface area contributed by atoms with Crippen molar-refractivity contribution in [3.63, 3.8) is 0 Å². The molecule has 1 N–H and O–H groups in total. The summed E-state index contributed by atoms with van der Waals surface area (Å²) in [5.41, 5.74) is 0.756. The first-order valence-corrected chi connectivity index (χ1v) is 7.90. The van der Waals surface area contributed by atoms with Gasteiger partial charge in [-0.05, 0) is 31.1 Å². The van der Waals surface area contributed by atoms with E-state index in [9.17, 15) is 18.0 Å². The van der Waals surface area contributed by atoms with Gasteiger partial charge in [-0.25, -0.2) is 0 Å². The second kappa shape index (κ2) is 6.37. The molecule has 0 bridgehead atoms. The molecule has 0 aliphatic heterocycles. The van der Waals surface area contributed by atoms with Gasteiger partial charge in [-0.1, -0.05) is 12.8 Å². The summed E-state index contributed by atoms with van der Waals surface area (Å²) in [7, 11) is 0. The van der Waals surface area contributed by atoms with Gasteiger partial charge >= 0.3 is 6.18 Å². The monoisotopic (exact) mass is 328 g/mol. The number of nitrogens with zero attached hydrogens (tertiary/aromatic N) is 1. The Morgan fingerprint density at radius 2 is 2.04 bits per heavy atom. The molecule has 0 aromatic carbocycles. The van der Waals surface area contributed by atoms with E-state index in [-0.39, 0.29) is 23.3 Å². The Balaban J connectivity index is 1.66. The van der Waals surface area contributed by atoms with E-state index in [2.05, 4.69) is 10.3 Å². The van der Waals surface area contributed by atoms with Crippen LogP contribution in [0.5, 0.6) is 5.75 Å². The van der Waals surface area contributed by atoms with E-state index in [1.165, 1.54) is 25.1 Å². The van der Waals surface area contributed by atoms with Crippen LogP contribution >= 0.6 is 0 Å². The summed E-state index contributed by atoms with van der Waals surface area (Å²) < 4.78 is 42.0. The number of hydrogen-bond donors (Lipinski definition) is 1. The van der Waals surface area contributed by atoms with Crippen LogP contribution in [0.25, 0.3) is 0 Å². The largest absolute Gasteiger partial charge is 0.484 e. The molecule has 0 radical (unpaired) electrons. The van der Waals surface area contributed by atoms with Crippen molar-refractivity contribution in [1.82, 2.24) is 10.3 Å². The van der Waals surface area contributed by atoms with E-state index in [0.29, 0.717) is 18.0 Å². The molecular weight excluding hydrogens is 309 g/mol. The second-order valence-corrected chi connectivity index (χ2v) is 6.27. The van der Waals surface area contributed by atoms with Crippen LogP contribution in [0.4, 0.5) is 13.2 Å². The minimum absolute atomic E-state index is 0.0994. The van der Waals surface area contributed by atoms with Crippen LogP contribution in [0, 0.1) is 5.92 Å². The van der Waals surface area contributed by atoms with Gasteiger partial charge in [0.15, 0.2) is 6.61 Å². The first-order chi connectivity index (χ1) is 10.9. The molecule has 0 spiro atoms. The number of amides is 1. The van der Waals surface area contributed by atoms with Gasteiger partial charge in [-0.15, -0.1) is 0 Å². The Hall–Kier alpha value is -1.79. The molecule has 23 heavy (non-hydrogen) atoms. The molecule has 1 aromatic heterocycles. The van der Waals surface area contributed by atoms with E-state index in [1.807, 2.05) is 0 Å². The van der Waals surface area contributed by atoms with Crippen LogP contribution in [0.3, 0.4) is 0 Å². The van der Waals surface area contributed by atoms with E-state index >= 15 is 0 Å². The molecule has 3 rings (SSSR count). The lowest BCUT2D eigenvalue weighted by Gasteiger charge is -2.14. The Morgan fingerprint density at radius 1 is 1.30 bits per heavy atom. The maximum atomic E-state index is 12.4. The van der Waals surface area contributed by atoms with E-state index < -0.39 is 12.8 Å². The highest BCUT2D eigenvalue weighted by Crippen LogP contribution is 2.44. The number of rotatable bonds is 7. The number of ether oxygens (including phenoxy) is 1. The predicted molar refractivity (Wildman–Crippen MR) is 77.4 cm³/mol. The zero-order valence-electron chi connectivity index (χ0n) is 12.7. The average molecular weight is 328 g/mol. The third kappa shape index (κ3) is 4.84. The fourth-order valence-electron chi connectivity index (χ4n) is 2.44. The molecule has 0 unspecified atom stereocenters. The van der Waals surface area contributed by atoms with Crippen LogP contribution in [-0.2, 0) is 0 Å². The van der Waals surface area contributed by atoms with Crippen molar-refractivity contribution in [2.75, 3.05) is 13.2 Å². The van der Waals surface area contributed by atoms with Crippen molar-refractivity contribution in [3.8, 4) is 5.75 Å². The highest BCUT2D eigenvalue weighted by atomic mass is 19.4. The topological polar surface area (TPSA) is 51.2 Å². The van der Waals surface area contributed by atoms with Crippen molar-refractivity contribution in [2.45, 2.75) is 44.2 Å². The second-order valence-electron chi connectivity index (χ2n) is 6.27. The third-order valence-corrected chi connectivity index (χ3v) is 4.07. The lowest BCUT2D eigenvalue weighted by molar-refractivity contribution is -0.153. The Kier molecular flexibility index (Phi) is 4.46. The summed E-state index contributed by atoms with van der Waals surface area (Å²) in [5.74, 6) is 0.640. The molecule has 1 heterocycles. The first-order valence-electron chi connectivity index (χ1n) is 7.90. The molecular formula is C16H19F3N2O2. The molecule has 2 saturated carbocycles. The van der Waals surface area contributed by atoms with Crippen LogP contribution < -0.4 is 10.1 Å². The van der Waals surface area contributed by atoms with Gasteiger partial charge in [0.25, 0.3) is 5.91 Å². The van der Waals surface area contributed by atoms with Crippen molar-refractivity contribution in [2.24, 2.45) is 5.92 Å². The molecule has 2 fully saturated rings. The van der Waals surface area contributed by atoms with E-state index in [0.717, 1.165) is 19.3 Å². The number of nitrogens with one attached hydrogen (secondary N) is 1. The molecule has 1 aromatic rings. The summed E-state index contributed by atoms with van der Waals surface area (Å²) in [4.78, 5) is 16.1. The van der Waals surface area contributed by atoms with Gasteiger partial charge in [-0.2, -0.15) is 13.2 Å². The molecule has 0 saturated heterocycles. The summed E-state index contributed by atoms with van der Waals surface area (Å²) in [6, 6.07) is 1.33. The van der Waals surface area contributed by atoms with Crippen molar-refractivity contribution in [3.05, 3.63) is 23.5 Å². The maximum Gasteiger partial charge on any atom is 0.422 e. The Bertz CT molecular complexity index is 581. The minimum atomic E-state index is -4.41. The molecule has 1 amide bonds. The summed E-state index contributed by atoms with van der Waals surface area (Å²) in [6.45, 7) is -0.798. The molecule has 7 heteroatoms. The fraction of sp³-hybridized carbons (Fsp3) is 0.625. The van der Waals surface area contributed by atoms with Gasteiger partial charge in [0.05, 0.1) is 0 Å². The maximum absolute atomic E-state index is 12.4. The number of carbonyl (C=O) groups excluding carboxylic acids is 1. The molecule has 2 aliphatic rings. The standard InChI is InChI=1S/C16H19F3N2O2/c17-16(18,19)9-23-14-7-13(21-8-12(14)11-3-4-11)15(22)20-6-5-10-1-2-10/h7-8,10-11H,1-6,9H2,(H,20,22). The van der Waals surface area contributed by atoms with Crippen LogP contribution in [-0.4, -0.2) is 30.2 Å². The summed E-state index contributed by atoms with van der Waals surface area (Å²) in [6.07, 6.45) is 2.24. The van der Waals surface area contributed by atoms with Crippen LogP contribution in [0.1, 0.15) is 54.1 Å². The lowest BCUT2D eigenvalue weighted by atomic mass is 10.1. The van der Waals surface area contributed by atoms with Gasteiger partial charge in [0.2, 0.25) is 0 Å². The van der Waals surface area contributed by atoms with E-state index in [4.69, 9.17) is 4.74 Å². The smallest absolute Gasteiger partial charge is 0.422 e. The Labute approximate surface area is 132 Å². The van der Waals surface area contributed by atoms with Gasteiger partial charge in [-0.3, -0.25) is 9.78 Å². The number of alkyl halides is 3. The molecule has 126 valence electrons. The van der Waals surface area contributed by atoms with Gasteiger partial charge < -0.3 is 10.1 Å². The molecule has 4 nitrogen and oxygen atoms in total. The fourth-order valence-corrected chi connectivity index (χ4v) is 2.44. The van der Waals surface area contributed by atoms with Crippen molar-refractivity contribution in [1.29, 1.82) is 0 Å². The van der Waals surface area contributed by atoms with E-state index in [1.54, 1.807) is 0 Å². The zero-order chi connectivity index (χ0) is 16.4. The third-order valence-electron chi connectivity index (χ3n) is 4.07.